The van der Waals surface area contributed by atoms with E-state index in [9.17, 15) is 14.3 Å². The van der Waals surface area contributed by atoms with Crippen LogP contribution in [0.3, 0.4) is 0 Å². The molecule has 2 heterocycles. The Morgan fingerprint density at radius 3 is 2.55 bits per heavy atom. The van der Waals surface area contributed by atoms with Gasteiger partial charge in [0.1, 0.15) is 24.1 Å². The summed E-state index contributed by atoms with van der Waals surface area (Å²) in [5.41, 5.74) is 4.42. The average molecular weight is 598 g/mol. The van der Waals surface area contributed by atoms with Crippen LogP contribution in [0.25, 0.3) is 22.3 Å². The van der Waals surface area contributed by atoms with Gasteiger partial charge in [-0.1, -0.05) is 43.2 Å². The lowest BCUT2D eigenvalue weighted by atomic mass is 10.1. The van der Waals surface area contributed by atoms with Crippen LogP contribution in [0.4, 0.5) is 8.78 Å². The minimum atomic E-state index is -1.03. The summed E-state index contributed by atoms with van der Waals surface area (Å²) in [6.07, 6.45) is 4.78. The fourth-order valence-corrected chi connectivity index (χ4v) is 5.34. The number of ether oxygens (including phenoxy) is 2. The summed E-state index contributed by atoms with van der Waals surface area (Å²) < 4.78 is 43.1. The van der Waals surface area contributed by atoms with Gasteiger partial charge in [0.25, 0.3) is 0 Å². The van der Waals surface area contributed by atoms with Crippen molar-refractivity contribution in [3.05, 3.63) is 113 Å². The molecule has 9 heteroatoms. The normalized spacial score (nSPS) is 13.0. The van der Waals surface area contributed by atoms with Gasteiger partial charge in [-0.15, -0.1) is 0 Å². The van der Waals surface area contributed by atoms with Gasteiger partial charge >= 0.3 is 5.97 Å². The van der Waals surface area contributed by atoms with Crippen molar-refractivity contribution < 1.29 is 28.2 Å². The van der Waals surface area contributed by atoms with Crippen LogP contribution >= 0.6 is 0 Å². The molecule has 1 aliphatic carbocycles. The number of carboxylic acid groups (broad SMARTS) is 1. The molecule has 0 unspecified atom stereocenters. The molecule has 0 spiro atoms. The predicted octanol–water partition coefficient (Wildman–Crippen LogP) is 7.23. The van der Waals surface area contributed by atoms with E-state index in [4.69, 9.17) is 9.47 Å². The fraction of sp³-hybridized carbons (Fsp3) is 0.286. The van der Waals surface area contributed by atoms with E-state index < -0.39 is 11.8 Å². The van der Waals surface area contributed by atoms with Crippen molar-refractivity contribution in [2.75, 3.05) is 13.7 Å². The van der Waals surface area contributed by atoms with Gasteiger partial charge in [0.15, 0.2) is 0 Å². The zero-order valence-electron chi connectivity index (χ0n) is 24.4. The minimum Gasteiger partial charge on any atom is -0.478 e. The Morgan fingerprint density at radius 2 is 1.80 bits per heavy atom. The average Bonchev–Trinajstić information content (AvgIpc) is 3.79. The molecule has 7 nitrogen and oxygen atoms in total. The Labute approximate surface area is 254 Å². The number of imidazole rings is 1. The van der Waals surface area contributed by atoms with Gasteiger partial charge in [-0.2, -0.15) is 0 Å². The molecule has 1 saturated carbocycles. The van der Waals surface area contributed by atoms with Crippen LogP contribution in [0.1, 0.15) is 52.1 Å². The first-order chi connectivity index (χ1) is 21.4. The first-order valence-electron chi connectivity index (χ1n) is 14.8. The quantitative estimate of drug-likeness (QED) is 0.154. The van der Waals surface area contributed by atoms with Crippen LogP contribution in [-0.4, -0.2) is 39.3 Å². The van der Waals surface area contributed by atoms with Crippen LogP contribution in [-0.2, 0) is 30.7 Å². The largest absolute Gasteiger partial charge is 0.478 e. The number of aryl methyl sites for hydroxylation is 1. The summed E-state index contributed by atoms with van der Waals surface area (Å²) in [5, 5.41) is 9.43. The molecule has 0 radical (unpaired) electrons. The van der Waals surface area contributed by atoms with Crippen LogP contribution in [0.2, 0.25) is 0 Å². The van der Waals surface area contributed by atoms with E-state index in [0.717, 1.165) is 24.3 Å². The zero-order chi connectivity index (χ0) is 30.6. The van der Waals surface area contributed by atoms with E-state index in [1.807, 2.05) is 10.6 Å². The van der Waals surface area contributed by atoms with Crippen molar-refractivity contribution in [1.29, 1.82) is 0 Å². The Morgan fingerprint density at radius 1 is 0.977 bits per heavy atom. The van der Waals surface area contributed by atoms with Crippen molar-refractivity contribution in [3.63, 3.8) is 0 Å². The smallest absolute Gasteiger partial charge is 0.335 e. The maximum Gasteiger partial charge on any atom is 0.335 e. The fourth-order valence-electron chi connectivity index (χ4n) is 5.34. The van der Waals surface area contributed by atoms with Crippen LogP contribution in [0.5, 0.6) is 5.88 Å². The number of nitrogens with zero attached hydrogens (tertiary/aromatic N) is 3. The summed E-state index contributed by atoms with van der Waals surface area (Å²) in [6, 6.07) is 20.2. The lowest BCUT2D eigenvalue weighted by Gasteiger charge is -2.11. The summed E-state index contributed by atoms with van der Waals surface area (Å²) in [6.45, 7) is 0.867. The second-order valence-corrected chi connectivity index (χ2v) is 11.2. The number of rotatable bonds is 13. The number of fused-ring (bicyclic) bond motifs is 1. The molecule has 44 heavy (non-hydrogen) atoms. The molecule has 1 N–H and O–H groups in total. The Hall–Kier alpha value is -4.63. The first-order valence-corrected chi connectivity index (χ1v) is 14.8. The molecular weight excluding hydrogens is 564 g/mol. The van der Waals surface area contributed by atoms with Crippen LogP contribution in [0.15, 0.2) is 72.8 Å². The third kappa shape index (κ3) is 6.78. The number of methoxy groups -OCH3 is 1. The lowest BCUT2D eigenvalue weighted by Crippen LogP contribution is -2.10. The van der Waals surface area contributed by atoms with Crippen molar-refractivity contribution in [2.24, 2.45) is 5.92 Å². The van der Waals surface area contributed by atoms with Crippen molar-refractivity contribution in [1.82, 2.24) is 14.5 Å². The highest BCUT2D eigenvalue weighted by Crippen LogP contribution is 2.33. The maximum absolute atomic E-state index is 15.4. The molecule has 0 saturated heterocycles. The number of halogens is 2. The highest BCUT2D eigenvalue weighted by molar-refractivity contribution is 5.92. The summed E-state index contributed by atoms with van der Waals surface area (Å²) in [7, 11) is 1.58. The first kappa shape index (κ1) is 29.4. The number of carboxylic acids is 1. The summed E-state index contributed by atoms with van der Waals surface area (Å²) in [4.78, 5) is 20.7. The van der Waals surface area contributed by atoms with E-state index in [2.05, 4.69) is 9.97 Å². The van der Waals surface area contributed by atoms with E-state index >= 15 is 4.39 Å². The van der Waals surface area contributed by atoms with Crippen molar-refractivity contribution in [2.45, 2.75) is 45.3 Å². The second-order valence-electron chi connectivity index (χ2n) is 11.2. The Balaban J connectivity index is 1.16. The molecule has 3 aromatic carbocycles. The molecule has 226 valence electrons. The van der Waals surface area contributed by atoms with Gasteiger partial charge in [0.2, 0.25) is 5.88 Å². The molecule has 2 aromatic heterocycles. The molecular formula is C35H33F2N3O4. The number of aromatic nitrogens is 3. The standard InChI is InChI=1S/C35H33F2N3O4/c1-43-16-15-40-32-19-26(35(41)42)13-14-31(32)38-33(40)20-24-11-12-25(18-29(24)37)30-3-2-4-34(39-30)44-21-27-10-9-23(17-28(27)36)8-7-22-5-6-22/h2-4,9-14,17-19,22H,5-8,15-16,20-21H2,1H3,(H,41,42). The highest BCUT2D eigenvalue weighted by Gasteiger charge is 2.21. The lowest BCUT2D eigenvalue weighted by molar-refractivity contribution is 0.0697. The number of pyridine rings is 1. The van der Waals surface area contributed by atoms with E-state index in [-0.39, 0.29) is 24.4 Å². The monoisotopic (exact) mass is 597 g/mol. The number of benzene rings is 3. The minimum absolute atomic E-state index is 0.0382. The van der Waals surface area contributed by atoms with Gasteiger partial charge in [-0.3, -0.25) is 0 Å². The summed E-state index contributed by atoms with van der Waals surface area (Å²) in [5.74, 6) is -0.0189. The number of hydrogen-bond donors (Lipinski definition) is 1. The van der Waals surface area contributed by atoms with E-state index in [1.165, 1.54) is 25.0 Å². The molecule has 1 aliphatic rings. The van der Waals surface area contributed by atoms with Gasteiger partial charge in [-0.05, 0) is 66.3 Å². The van der Waals surface area contributed by atoms with Gasteiger partial charge < -0.3 is 19.1 Å². The Kier molecular flexibility index (Phi) is 8.65. The maximum atomic E-state index is 15.4. The molecule has 0 bridgehead atoms. The number of hydrogen-bond acceptors (Lipinski definition) is 5. The van der Waals surface area contributed by atoms with Crippen molar-refractivity contribution >= 4 is 17.0 Å². The number of aromatic carboxylic acids is 1. The molecule has 1 fully saturated rings. The molecule has 0 atom stereocenters. The number of carbonyl (C=O) groups is 1. The van der Waals surface area contributed by atoms with Crippen molar-refractivity contribution in [3.8, 4) is 17.1 Å². The van der Waals surface area contributed by atoms with Gasteiger partial charge in [-0.25, -0.2) is 23.5 Å². The highest BCUT2D eigenvalue weighted by atomic mass is 19.1. The Bertz CT molecular complexity index is 1820. The third-order valence-corrected chi connectivity index (χ3v) is 8.05. The topological polar surface area (TPSA) is 86.5 Å². The molecule has 0 amide bonds. The molecule has 0 aliphatic heterocycles. The van der Waals surface area contributed by atoms with Gasteiger partial charge in [0.05, 0.1) is 28.9 Å². The summed E-state index contributed by atoms with van der Waals surface area (Å²) >= 11 is 0. The van der Waals surface area contributed by atoms with E-state index in [1.54, 1.807) is 61.7 Å². The van der Waals surface area contributed by atoms with Gasteiger partial charge in [0, 0.05) is 37.3 Å². The van der Waals surface area contributed by atoms with E-state index in [0.29, 0.717) is 58.3 Å². The predicted molar refractivity (Wildman–Crippen MR) is 163 cm³/mol. The van der Waals surface area contributed by atoms with Crippen LogP contribution < -0.4 is 4.74 Å². The molecule has 5 aromatic rings. The SMILES string of the molecule is COCCn1c(Cc2ccc(-c3cccc(OCc4ccc(CCC5CC5)cc4F)n3)cc2F)nc2ccc(C(=O)O)cc21. The van der Waals surface area contributed by atoms with Crippen LogP contribution in [0, 0.1) is 17.6 Å². The second kappa shape index (κ2) is 12.9. The third-order valence-electron chi connectivity index (χ3n) is 8.05. The zero-order valence-corrected chi connectivity index (χ0v) is 24.4. The molecule has 6 rings (SSSR count).